The first-order valence-corrected chi connectivity index (χ1v) is 8.41. The van der Waals surface area contributed by atoms with Gasteiger partial charge in [0, 0.05) is 6.04 Å². The molecule has 0 spiro atoms. The minimum atomic E-state index is -0.234. The molecule has 1 unspecified atom stereocenters. The van der Waals surface area contributed by atoms with Gasteiger partial charge in [0.25, 0.3) is 11.1 Å². The molecule has 1 atom stereocenters. The summed E-state index contributed by atoms with van der Waals surface area (Å²) in [5.74, 6) is 1.02. The number of rotatable bonds is 6. The fourth-order valence-corrected chi connectivity index (χ4v) is 3.17. The second kappa shape index (κ2) is 7.55. The van der Waals surface area contributed by atoms with Crippen LogP contribution in [0.25, 0.3) is 6.08 Å². The Labute approximate surface area is 140 Å². The average Bonchev–Trinajstić information content (AvgIpc) is 2.82. The first kappa shape index (κ1) is 17.4. The molecule has 0 radical (unpaired) electrons. The highest BCUT2D eigenvalue weighted by Crippen LogP contribution is 2.35. The van der Waals surface area contributed by atoms with Crippen LogP contribution in [0.5, 0.6) is 11.5 Å². The lowest BCUT2D eigenvalue weighted by atomic mass is 10.1. The Morgan fingerprint density at radius 2 is 2.00 bits per heavy atom. The van der Waals surface area contributed by atoms with Gasteiger partial charge >= 0.3 is 0 Å². The first-order valence-electron chi connectivity index (χ1n) is 7.59. The summed E-state index contributed by atoms with van der Waals surface area (Å²) in [7, 11) is 1.57. The van der Waals surface area contributed by atoms with E-state index in [0.29, 0.717) is 23.0 Å². The number of methoxy groups -OCH3 is 1. The molecule has 6 heteroatoms. The molecule has 5 nitrogen and oxygen atoms in total. The van der Waals surface area contributed by atoms with Gasteiger partial charge in [-0.1, -0.05) is 13.0 Å². The largest absolute Gasteiger partial charge is 0.493 e. The van der Waals surface area contributed by atoms with Gasteiger partial charge in [-0.25, -0.2) is 0 Å². The van der Waals surface area contributed by atoms with Gasteiger partial charge in [-0.2, -0.15) is 0 Å². The lowest BCUT2D eigenvalue weighted by Crippen LogP contribution is -2.36. The Morgan fingerprint density at radius 3 is 2.61 bits per heavy atom. The molecule has 1 aliphatic heterocycles. The van der Waals surface area contributed by atoms with Crippen molar-refractivity contribution in [1.82, 2.24) is 4.90 Å². The molecule has 1 fully saturated rings. The minimum absolute atomic E-state index is 0.0942. The van der Waals surface area contributed by atoms with Crippen LogP contribution in [-0.2, 0) is 4.79 Å². The molecule has 1 aliphatic rings. The van der Waals surface area contributed by atoms with Gasteiger partial charge in [0.2, 0.25) is 0 Å². The van der Waals surface area contributed by atoms with Crippen LogP contribution >= 0.6 is 11.8 Å². The van der Waals surface area contributed by atoms with Crippen LogP contribution in [0.1, 0.15) is 32.8 Å². The second-order valence-electron chi connectivity index (χ2n) is 5.15. The van der Waals surface area contributed by atoms with Crippen LogP contribution in [0, 0.1) is 0 Å². The lowest BCUT2D eigenvalue weighted by molar-refractivity contribution is -0.124. The SMILES string of the molecule is CCOc1ccc(/C=C2/SC(=O)N(C(C)CC)C2=O)cc1OC. The summed E-state index contributed by atoms with van der Waals surface area (Å²) < 4.78 is 10.8. The smallest absolute Gasteiger partial charge is 0.293 e. The van der Waals surface area contributed by atoms with E-state index in [4.69, 9.17) is 9.47 Å². The van der Waals surface area contributed by atoms with Crippen molar-refractivity contribution in [1.29, 1.82) is 0 Å². The third-order valence-electron chi connectivity index (χ3n) is 3.64. The summed E-state index contributed by atoms with van der Waals surface area (Å²) in [6, 6.07) is 5.34. The van der Waals surface area contributed by atoms with Crippen molar-refractivity contribution in [2.75, 3.05) is 13.7 Å². The predicted molar refractivity (Wildman–Crippen MR) is 91.7 cm³/mol. The summed E-state index contributed by atoms with van der Waals surface area (Å²) in [6.07, 6.45) is 2.45. The molecule has 0 aliphatic carbocycles. The molecule has 1 heterocycles. The maximum absolute atomic E-state index is 12.4. The van der Waals surface area contributed by atoms with Gasteiger partial charge < -0.3 is 9.47 Å². The van der Waals surface area contributed by atoms with Crippen molar-refractivity contribution in [2.45, 2.75) is 33.2 Å². The highest BCUT2D eigenvalue weighted by Gasteiger charge is 2.37. The maximum Gasteiger partial charge on any atom is 0.293 e. The monoisotopic (exact) mass is 335 g/mol. The van der Waals surface area contributed by atoms with Crippen LogP contribution in [0.4, 0.5) is 4.79 Å². The van der Waals surface area contributed by atoms with E-state index >= 15 is 0 Å². The van der Waals surface area contributed by atoms with Gasteiger partial charge in [0.15, 0.2) is 11.5 Å². The van der Waals surface area contributed by atoms with Crippen molar-refractivity contribution >= 4 is 29.0 Å². The molecule has 1 aromatic carbocycles. The zero-order chi connectivity index (χ0) is 17.0. The number of benzene rings is 1. The molecule has 0 bridgehead atoms. The van der Waals surface area contributed by atoms with Gasteiger partial charge in [0.05, 0.1) is 18.6 Å². The predicted octanol–water partition coefficient (Wildman–Crippen LogP) is 3.93. The van der Waals surface area contributed by atoms with Crippen LogP contribution in [0.15, 0.2) is 23.1 Å². The Morgan fingerprint density at radius 1 is 1.26 bits per heavy atom. The molecule has 23 heavy (non-hydrogen) atoms. The summed E-state index contributed by atoms with van der Waals surface area (Å²) in [4.78, 5) is 26.2. The van der Waals surface area contributed by atoms with Gasteiger partial charge in [-0.15, -0.1) is 0 Å². The topological polar surface area (TPSA) is 55.8 Å². The summed E-state index contributed by atoms with van der Waals surface area (Å²) in [5, 5.41) is -0.214. The number of nitrogens with zero attached hydrogens (tertiary/aromatic N) is 1. The first-order chi connectivity index (χ1) is 11.0. The number of hydrogen-bond donors (Lipinski definition) is 0. The summed E-state index contributed by atoms with van der Waals surface area (Å²) >= 11 is 0.975. The van der Waals surface area contributed by atoms with Crippen LogP contribution in [0.3, 0.4) is 0 Å². The van der Waals surface area contributed by atoms with Crippen molar-refractivity contribution in [3.63, 3.8) is 0 Å². The number of amides is 2. The van der Waals surface area contributed by atoms with Crippen LogP contribution in [-0.4, -0.2) is 35.8 Å². The van der Waals surface area contributed by atoms with Crippen LogP contribution in [0.2, 0.25) is 0 Å². The van der Waals surface area contributed by atoms with Crippen molar-refractivity contribution in [3.8, 4) is 11.5 Å². The molecule has 0 N–H and O–H groups in total. The van der Waals surface area contributed by atoms with E-state index < -0.39 is 0 Å². The Hall–Kier alpha value is -1.95. The van der Waals surface area contributed by atoms with E-state index in [1.54, 1.807) is 25.3 Å². The third-order valence-corrected chi connectivity index (χ3v) is 4.52. The number of ether oxygens (including phenoxy) is 2. The van der Waals surface area contributed by atoms with Gasteiger partial charge in [0.1, 0.15) is 0 Å². The molecule has 0 aromatic heterocycles. The number of thioether (sulfide) groups is 1. The Kier molecular flexibility index (Phi) is 5.71. The Balaban J connectivity index is 2.28. The van der Waals surface area contributed by atoms with E-state index in [-0.39, 0.29) is 17.2 Å². The molecule has 124 valence electrons. The molecule has 1 saturated heterocycles. The fourth-order valence-electron chi connectivity index (χ4n) is 2.24. The molecule has 2 amide bonds. The number of carbonyl (C=O) groups excluding carboxylic acids is 2. The molecule has 0 saturated carbocycles. The standard InChI is InChI=1S/C17H21NO4S/c1-5-11(3)18-16(19)15(23-17(18)20)10-12-7-8-13(22-6-2)14(9-12)21-4/h7-11H,5-6H2,1-4H3/b15-10+. The molecule has 2 rings (SSSR count). The molecule has 1 aromatic rings. The minimum Gasteiger partial charge on any atom is -0.493 e. The maximum atomic E-state index is 12.4. The van der Waals surface area contributed by atoms with Gasteiger partial charge in [-0.05, 0) is 55.8 Å². The van der Waals surface area contributed by atoms with Crippen molar-refractivity contribution in [2.24, 2.45) is 0 Å². The fraction of sp³-hybridized carbons (Fsp3) is 0.412. The molecular formula is C17H21NO4S. The van der Waals surface area contributed by atoms with E-state index in [1.165, 1.54) is 4.90 Å². The van der Waals surface area contributed by atoms with E-state index in [9.17, 15) is 9.59 Å². The summed E-state index contributed by atoms with van der Waals surface area (Å²) in [6.45, 7) is 6.27. The molecular weight excluding hydrogens is 314 g/mol. The summed E-state index contributed by atoms with van der Waals surface area (Å²) in [5.41, 5.74) is 0.792. The highest BCUT2D eigenvalue weighted by atomic mass is 32.2. The number of carbonyl (C=O) groups is 2. The van der Waals surface area contributed by atoms with E-state index in [2.05, 4.69) is 0 Å². The van der Waals surface area contributed by atoms with E-state index in [0.717, 1.165) is 23.7 Å². The highest BCUT2D eigenvalue weighted by molar-refractivity contribution is 8.18. The second-order valence-corrected chi connectivity index (χ2v) is 6.15. The van der Waals surface area contributed by atoms with Gasteiger partial charge in [-0.3, -0.25) is 14.5 Å². The lowest BCUT2D eigenvalue weighted by Gasteiger charge is -2.19. The van der Waals surface area contributed by atoms with Crippen LogP contribution < -0.4 is 9.47 Å². The van der Waals surface area contributed by atoms with E-state index in [1.807, 2.05) is 26.8 Å². The Bertz CT molecular complexity index is 641. The number of hydrogen-bond acceptors (Lipinski definition) is 5. The normalized spacial score (nSPS) is 17.7. The van der Waals surface area contributed by atoms with Crippen molar-refractivity contribution in [3.05, 3.63) is 28.7 Å². The quantitative estimate of drug-likeness (QED) is 0.737. The van der Waals surface area contributed by atoms with Crippen molar-refractivity contribution < 1.29 is 19.1 Å². The number of imide groups is 1. The average molecular weight is 335 g/mol. The zero-order valence-electron chi connectivity index (χ0n) is 13.8. The zero-order valence-corrected chi connectivity index (χ0v) is 14.6. The third kappa shape index (κ3) is 3.69.